The predicted octanol–water partition coefficient (Wildman–Crippen LogP) is 1.31. The number of nitrogens with zero attached hydrogens (tertiary/aromatic N) is 4. The molecule has 2 aliphatic rings. The van der Waals surface area contributed by atoms with Gasteiger partial charge in [0.25, 0.3) is 0 Å². The minimum absolute atomic E-state index is 0.0478. The quantitative estimate of drug-likeness (QED) is 0.831. The maximum Gasteiger partial charge on any atom is 0.199 e. The van der Waals surface area contributed by atoms with E-state index in [9.17, 15) is 5.11 Å². The highest BCUT2D eigenvalue weighted by Gasteiger charge is 2.29. The number of likely N-dealkylation sites (tertiary alicyclic amines) is 1. The summed E-state index contributed by atoms with van der Waals surface area (Å²) in [7, 11) is 1.77. The van der Waals surface area contributed by atoms with E-state index in [4.69, 9.17) is 17.0 Å². The molecule has 0 bridgehead atoms. The van der Waals surface area contributed by atoms with Crippen LogP contribution in [0.5, 0.6) is 0 Å². The molecule has 1 aliphatic carbocycles. The third-order valence-electron chi connectivity index (χ3n) is 4.12. The van der Waals surface area contributed by atoms with Gasteiger partial charge in [0.2, 0.25) is 0 Å². The molecule has 1 unspecified atom stereocenters. The number of rotatable bonds is 5. The Kier molecular flexibility index (Phi) is 4.21. The number of aliphatic hydroxyl groups is 1. The zero-order chi connectivity index (χ0) is 14.1. The van der Waals surface area contributed by atoms with Crippen LogP contribution in [0.15, 0.2) is 0 Å². The molecule has 1 saturated heterocycles. The van der Waals surface area contributed by atoms with E-state index in [1.165, 1.54) is 0 Å². The molecule has 1 aromatic rings. The molecular formula is C13H22N4O2S. The number of aromatic nitrogens is 3. The molecule has 2 fully saturated rings. The fourth-order valence-electron chi connectivity index (χ4n) is 2.89. The number of hydrogen-bond acceptors (Lipinski definition) is 5. The van der Waals surface area contributed by atoms with E-state index in [0.717, 1.165) is 43.5 Å². The standard InChI is InChI=1S/C13H22N4O2S/c1-19-11-3-2-6-15(7-11)9-16-13(20)17(10-4-5-10)12(8-18)14-16/h10-11,18H,2-9H2,1H3. The summed E-state index contributed by atoms with van der Waals surface area (Å²) in [5.74, 6) is 0.692. The minimum Gasteiger partial charge on any atom is -0.388 e. The van der Waals surface area contributed by atoms with Gasteiger partial charge < -0.3 is 9.84 Å². The first-order valence-corrected chi connectivity index (χ1v) is 7.68. The van der Waals surface area contributed by atoms with Gasteiger partial charge in [-0.05, 0) is 37.9 Å². The Labute approximate surface area is 123 Å². The lowest BCUT2D eigenvalue weighted by atomic mass is 10.1. The summed E-state index contributed by atoms with van der Waals surface area (Å²) in [5.41, 5.74) is 0. The maximum absolute atomic E-state index is 9.44. The van der Waals surface area contributed by atoms with Gasteiger partial charge in [-0.1, -0.05) is 0 Å². The molecule has 20 heavy (non-hydrogen) atoms. The number of piperidine rings is 1. The van der Waals surface area contributed by atoms with Gasteiger partial charge in [0.15, 0.2) is 10.6 Å². The Morgan fingerprint density at radius 2 is 2.20 bits per heavy atom. The topological polar surface area (TPSA) is 55.4 Å². The van der Waals surface area contributed by atoms with Crippen LogP contribution in [0.4, 0.5) is 0 Å². The first-order valence-electron chi connectivity index (χ1n) is 7.27. The Bertz CT molecular complexity index is 523. The van der Waals surface area contributed by atoms with E-state index in [0.29, 0.717) is 24.6 Å². The van der Waals surface area contributed by atoms with Crippen molar-refractivity contribution in [3.8, 4) is 0 Å². The van der Waals surface area contributed by atoms with E-state index < -0.39 is 0 Å². The largest absolute Gasteiger partial charge is 0.388 e. The SMILES string of the molecule is COC1CCCN(Cn2nc(CO)n(C3CC3)c2=S)C1. The predicted molar refractivity (Wildman–Crippen MR) is 76.8 cm³/mol. The molecule has 0 radical (unpaired) electrons. The number of ether oxygens (including phenoxy) is 1. The van der Waals surface area contributed by atoms with Crippen LogP contribution in [0.1, 0.15) is 37.5 Å². The fourth-order valence-corrected chi connectivity index (χ4v) is 3.24. The van der Waals surface area contributed by atoms with Gasteiger partial charge in [0.1, 0.15) is 6.61 Å². The third kappa shape index (κ3) is 2.81. The van der Waals surface area contributed by atoms with E-state index in [1.54, 1.807) is 7.11 Å². The first-order chi connectivity index (χ1) is 9.72. The van der Waals surface area contributed by atoms with Crippen LogP contribution >= 0.6 is 12.2 Å². The molecule has 7 heteroatoms. The highest BCUT2D eigenvalue weighted by Crippen LogP contribution is 2.36. The Hall–Kier alpha value is -0.760. The molecule has 1 atom stereocenters. The van der Waals surface area contributed by atoms with Crippen molar-refractivity contribution < 1.29 is 9.84 Å². The molecule has 112 valence electrons. The average molecular weight is 298 g/mol. The van der Waals surface area contributed by atoms with Crippen molar-refractivity contribution in [2.75, 3.05) is 20.2 Å². The van der Waals surface area contributed by atoms with Gasteiger partial charge in [0.05, 0.1) is 12.8 Å². The molecule has 1 N–H and O–H groups in total. The monoisotopic (exact) mass is 298 g/mol. The highest BCUT2D eigenvalue weighted by molar-refractivity contribution is 7.71. The summed E-state index contributed by atoms with van der Waals surface area (Å²) in [6, 6.07) is 0.450. The first kappa shape index (κ1) is 14.2. The minimum atomic E-state index is -0.0478. The van der Waals surface area contributed by atoms with Gasteiger partial charge in [-0.25, -0.2) is 4.68 Å². The molecule has 0 spiro atoms. The molecule has 2 heterocycles. The molecule has 0 aromatic carbocycles. The molecule has 1 aliphatic heterocycles. The van der Waals surface area contributed by atoms with Gasteiger partial charge >= 0.3 is 0 Å². The highest BCUT2D eigenvalue weighted by atomic mass is 32.1. The molecule has 1 aromatic heterocycles. The Balaban J connectivity index is 1.75. The second-order valence-corrected chi connectivity index (χ2v) is 6.04. The third-order valence-corrected chi connectivity index (χ3v) is 4.53. The summed E-state index contributed by atoms with van der Waals surface area (Å²) in [6.07, 6.45) is 4.85. The smallest absolute Gasteiger partial charge is 0.199 e. The number of hydrogen-bond donors (Lipinski definition) is 1. The van der Waals surface area contributed by atoms with E-state index in [1.807, 2.05) is 9.25 Å². The second-order valence-electron chi connectivity index (χ2n) is 5.68. The van der Waals surface area contributed by atoms with Crippen LogP contribution < -0.4 is 0 Å². The van der Waals surface area contributed by atoms with Crippen molar-refractivity contribution in [1.82, 2.24) is 19.2 Å². The summed E-state index contributed by atoms with van der Waals surface area (Å²) in [6.45, 7) is 2.61. The van der Waals surface area contributed by atoms with Crippen molar-refractivity contribution in [2.45, 2.75) is 51.1 Å². The Morgan fingerprint density at radius 3 is 2.85 bits per heavy atom. The zero-order valence-corrected chi connectivity index (χ0v) is 12.7. The van der Waals surface area contributed by atoms with Crippen LogP contribution in [-0.2, 0) is 18.0 Å². The normalized spacial score (nSPS) is 24.2. The van der Waals surface area contributed by atoms with Gasteiger partial charge in [-0.15, -0.1) is 0 Å². The zero-order valence-electron chi connectivity index (χ0n) is 11.9. The van der Waals surface area contributed by atoms with E-state index >= 15 is 0 Å². The van der Waals surface area contributed by atoms with Crippen LogP contribution in [0.3, 0.4) is 0 Å². The molecular weight excluding hydrogens is 276 g/mol. The van der Waals surface area contributed by atoms with Crippen molar-refractivity contribution in [2.24, 2.45) is 0 Å². The van der Waals surface area contributed by atoms with Gasteiger partial charge in [0, 0.05) is 26.2 Å². The Morgan fingerprint density at radius 1 is 1.40 bits per heavy atom. The summed E-state index contributed by atoms with van der Waals surface area (Å²) >= 11 is 5.52. The van der Waals surface area contributed by atoms with Crippen molar-refractivity contribution in [3.63, 3.8) is 0 Å². The van der Waals surface area contributed by atoms with Crippen LogP contribution in [-0.4, -0.2) is 50.7 Å². The lowest BCUT2D eigenvalue weighted by molar-refractivity contribution is 0.0179. The van der Waals surface area contributed by atoms with Gasteiger partial charge in [-0.3, -0.25) is 9.47 Å². The average Bonchev–Trinajstić information content (AvgIpc) is 3.25. The van der Waals surface area contributed by atoms with Crippen LogP contribution in [0, 0.1) is 4.77 Å². The summed E-state index contributed by atoms with van der Waals surface area (Å²) < 4.78 is 10.0. The van der Waals surface area contributed by atoms with Crippen molar-refractivity contribution in [3.05, 3.63) is 10.6 Å². The van der Waals surface area contributed by atoms with Crippen LogP contribution in [0.2, 0.25) is 0 Å². The van der Waals surface area contributed by atoms with E-state index in [2.05, 4.69) is 10.00 Å². The maximum atomic E-state index is 9.44. The molecule has 0 amide bonds. The lowest BCUT2D eigenvalue weighted by Crippen LogP contribution is -2.40. The molecule has 3 rings (SSSR count). The molecule has 1 saturated carbocycles. The lowest BCUT2D eigenvalue weighted by Gasteiger charge is -2.31. The van der Waals surface area contributed by atoms with Crippen molar-refractivity contribution >= 4 is 12.2 Å². The summed E-state index contributed by atoms with van der Waals surface area (Å²) in [4.78, 5) is 2.32. The number of methoxy groups -OCH3 is 1. The summed E-state index contributed by atoms with van der Waals surface area (Å²) in [5, 5.41) is 13.9. The fraction of sp³-hybridized carbons (Fsp3) is 0.846. The second kappa shape index (κ2) is 5.93. The number of aliphatic hydroxyl groups excluding tert-OH is 1. The van der Waals surface area contributed by atoms with E-state index in [-0.39, 0.29) is 6.61 Å². The molecule has 6 nitrogen and oxygen atoms in total. The van der Waals surface area contributed by atoms with Gasteiger partial charge in [-0.2, -0.15) is 5.10 Å². The van der Waals surface area contributed by atoms with Crippen molar-refractivity contribution in [1.29, 1.82) is 0 Å². The van der Waals surface area contributed by atoms with Crippen LogP contribution in [0.25, 0.3) is 0 Å².